The fourth-order valence-corrected chi connectivity index (χ4v) is 2.06. The highest BCUT2D eigenvalue weighted by atomic mass is 16.5. The van der Waals surface area contributed by atoms with Crippen LogP contribution in [-0.2, 0) is 9.53 Å². The minimum atomic E-state index is -0.586. The van der Waals surface area contributed by atoms with Crippen molar-refractivity contribution in [1.29, 1.82) is 0 Å². The van der Waals surface area contributed by atoms with Crippen LogP contribution < -0.4 is 5.32 Å². The van der Waals surface area contributed by atoms with Gasteiger partial charge in [-0.3, -0.25) is 4.79 Å². The molecule has 2 aromatic rings. The molecule has 0 saturated carbocycles. The lowest BCUT2D eigenvalue weighted by Crippen LogP contribution is -2.24. The summed E-state index contributed by atoms with van der Waals surface area (Å²) in [5.41, 5.74) is 0.870. The maximum atomic E-state index is 10.9. The number of aliphatic hydroxyl groups is 1. The molecule has 0 aliphatic heterocycles. The van der Waals surface area contributed by atoms with Crippen molar-refractivity contribution < 1.29 is 14.6 Å². The molecule has 0 amide bonds. The van der Waals surface area contributed by atoms with E-state index in [1.807, 2.05) is 42.5 Å². The van der Waals surface area contributed by atoms with Gasteiger partial charge < -0.3 is 15.2 Å². The molecule has 1 atom stereocenters. The topological polar surface area (TPSA) is 58.6 Å². The van der Waals surface area contributed by atoms with Crippen molar-refractivity contribution >= 4 is 16.7 Å². The number of ether oxygens (including phenoxy) is 1. The highest BCUT2D eigenvalue weighted by Gasteiger charge is 2.08. The molecular weight excluding hydrogens is 254 g/mol. The minimum absolute atomic E-state index is 0.252. The van der Waals surface area contributed by atoms with E-state index in [4.69, 9.17) is 0 Å². The molecule has 0 spiro atoms. The molecule has 2 rings (SSSR count). The highest BCUT2D eigenvalue weighted by molar-refractivity contribution is 5.83. The highest BCUT2D eigenvalue weighted by Crippen LogP contribution is 2.19. The Morgan fingerprint density at radius 3 is 2.75 bits per heavy atom. The van der Waals surface area contributed by atoms with E-state index >= 15 is 0 Å². The molecule has 2 aromatic carbocycles. The molecular formula is C16H19NO3. The summed E-state index contributed by atoms with van der Waals surface area (Å²) in [6.07, 6.45) is -0.279. The van der Waals surface area contributed by atoms with Crippen molar-refractivity contribution in [2.75, 3.05) is 20.2 Å². The summed E-state index contributed by atoms with van der Waals surface area (Å²) in [7, 11) is 1.37. The van der Waals surface area contributed by atoms with Crippen LogP contribution in [0.15, 0.2) is 42.5 Å². The molecule has 106 valence electrons. The molecule has 0 aliphatic carbocycles. The molecule has 0 aliphatic rings. The summed E-state index contributed by atoms with van der Waals surface area (Å²) < 4.78 is 4.55. The standard InChI is InChI=1S/C16H19NO3/c1-20-16(19)8-9-17-11-15(18)14-7-6-12-4-2-3-5-13(12)10-14/h2-7,10,15,17-18H,8-9,11H2,1H3. The Morgan fingerprint density at radius 1 is 1.25 bits per heavy atom. The first-order valence-corrected chi connectivity index (χ1v) is 6.65. The maximum absolute atomic E-state index is 10.9. The summed E-state index contributed by atoms with van der Waals surface area (Å²) in [5, 5.41) is 15.4. The predicted molar refractivity (Wildman–Crippen MR) is 78.4 cm³/mol. The van der Waals surface area contributed by atoms with Gasteiger partial charge in [0.05, 0.1) is 19.6 Å². The summed E-state index contributed by atoms with van der Waals surface area (Å²) in [6.45, 7) is 0.909. The molecule has 0 aromatic heterocycles. The first-order valence-electron chi connectivity index (χ1n) is 6.65. The number of hydrogen-bond donors (Lipinski definition) is 2. The van der Waals surface area contributed by atoms with Crippen LogP contribution in [-0.4, -0.2) is 31.3 Å². The van der Waals surface area contributed by atoms with E-state index in [2.05, 4.69) is 10.1 Å². The second-order valence-corrected chi connectivity index (χ2v) is 4.65. The normalized spacial score (nSPS) is 12.3. The van der Waals surface area contributed by atoms with E-state index < -0.39 is 6.10 Å². The Labute approximate surface area is 118 Å². The van der Waals surface area contributed by atoms with Gasteiger partial charge in [0.1, 0.15) is 0 Å². The Morgan fingerprint density at radius 2 is 2.00 bits per heavy atom. The second-order valence-electron chi connectivity index (χ2n) is 4.65. The Hall–Kier alpha value is -1.91. The third-order valence-electron chi connectivity index (χ3n) is 3.23. The lowest BCUT2D eigenvalue weighted by molar-refractivity contribution is -0.140. The summed E-state index contributed by atoms with van der Waals surface area (Å²) in [5.74, 6) is -0.252. The average molecular weight is 273 g/mol. The average Bonchev–Trinajstić information content (AvgIpc) is 2.50. The number of nitrogens with one attached hydrogen (secondary N) is 1. The number of rotatable bonds is 6. The van der Waals surface area contributed by atoms with Gasteiger partial charge in [-0.05, 0) is 22.4 Å². The second kappa shape index (κ2) is 7.03. The monoisotopic (exact) mass is 273 g/mol. The van der Waals surface area contributed by atoms with Gasteiger partial charge in [0.15, 0.2) is 0 Å². The fourth-order valence-electron chi connectivity index (χ4n) is 2.06. The van der Waals surface area contributed by atoms with Crippen LogP contribution in [0.25, 0.3) is 10.8 Å². The molecule has 0 fully saturated rings. The van der Waals surface area contributed by atoms with Gasteiger partial charge in [0.25, 0.3) is 0 Å². The lowest BCUT2D eigenvalue weighted by Gasteiger charge is -2.12. The molecule has 0 saturated heterocycles. The zero-order valence-corrected chi connectivity index (χ0v) is 11.5. The van der Waals surface area contributed by atoms with Gasteiger partial charge >= 0.3 is 5.97 Å². The fraction of sp³-hybridized carbons (Fsp3) is 0.312. The summed E-state index contributed by atoms with van der Waals surface area (Å²) >= 11 is 0. The number of aliphatic hydroxyl groups excluding tert-OH is 1. The molecule has 2 N–H and O–H groups in total. The van der Waals surface area contributed by atoms with Crippen molar-refractivity contribution in [3.05, 3.63) is 48.0 Å². The number of fused-ring (bicyclic) bond motifs is 1. The number of carbonyl (C=O) groups excluding carboxylic acids is 1. The quantitative estimate of drug-likeness (QED) is 0.624. The van der Waals surface area contributed by atoms with E-state index in [1.54, 1.807) is 0 Å². The first-order chi connectivity index (χ1) is 9.70. The maximum Gasteiger partial charge on any atom is 0.306 e. The van der Waals surface area contributed by atoms with Crippen molar-refractivity contribution in [2.24, 2.45) is 0 Å². The van der Waals surface area contributed by atoms with Crippen molar-refractivity contribution in [3.8, 4) is 0 Å². The van der Waals surface area contributed by atoms with E-state index in [1.165, 1.54) is 7.11 Å². The molecule has 0 heterocycles. The van der Waals surface area contributed by atoms with Crippen molar-refractivity contribution in [3.63, 3.8) is 0 Å². The molecule has 4 heteroatoms. The molecule has 4 nitrogen and oxygen atoms in total. The molecule has 20 heavy (non-hydrogen) atoms. The summed E-state index contributed by atoms with van der Waals surface area (Å²) in [6, 6.07) is 14.0. The number of hydrogen-bond acceptors (Lipinski definition) is 4. The molecule has 1 unspecified atom stereocenters. The Balaban J connectivity index is 1.90. The van der Waals surface area contributed by atoms with E-state index in [0.717, 1.165) is 16.3 Å². The largest absolute Gasteiger partial charge is 0.469 e. The number of esters is 1. The number of benzene rings is 2. The smallest absolute Gasteiger partial charge is 0.306 e. The van der Waals surface area contributed by atoms with E-state index in [-0.39, 0.29) is 5.97 Å². The zero-order chi connectivity index (χ0) is 14.4. The van der Waals surface area contributed by atoms with E-state index in [0.29, 0.717) is 19.5 Å². The van der Waals surface area contributed by atoms with Gasteiger partial charge in [0.2, 0.25) is 0 Å². The SMILES string of the molecule is COC(=O)CCNCC(O)c1ccc2ccccc2c1. The van der Waals surface area contributed by atoms with Gasteiger partial charge in [-0.15, -0.1) is 0 Å². The first kappa shape index (κ1) is 14.5. The van der Waals surface area contributed by atoms with Crippen LogP contribution >= 0.6 is 0 Å². The van der Waals surface area contributed by atoms with Crippen LogP contribution in [0.3, 0.4) is 0 Å². The van der Waals surface area contributed by atoms with Crippen LogP contribution in [0.1, 0.15) is 18.1 Å². The minimum Gasteiger partial charge on any atom is -0.469 e. The van der Waals surface area contributed by atoms with Gasteiger partial charge in [-0.1, -0.05) is 36.4 Å². The van der Waals surface area contributed by atoms with Gasteiger partial charge in [-0.2, -0.15) is 0 Å². The van der Waals surface area contributed by atoms with Crippen molar-refractivity contribution in [2.45, 2.75) is 12.5 Å². The van der Waals surface area contributed by atoms with Crippen LogP contribution in [0.5, 0.6) is 0 Å². The Kier molecular flexibility index (Phi) is 5.09. The summed E-state index contributed by atoms with van der Waals surface area (Å²) in [4.78, 5) is 10.9. The lowest BCUT2D eigenvalue weighted by atomic mass is 10.0. The third kappa shape index (κ3) is 3.79. The third-order valence-corrected chi connectivity index (χ3v) is 3.23. The van der Waals surface area contributed by atoms with Crippen LogP contribution in [0.4, 0.5) is 0 Å². The van der Waals surface area contributed by atoms with Gasteiger partial charge in [0, 0.05) is 13.1 Å². The molecule has 0 radical (unpaired) electrons. The van der Waals surface area contributed by atoms with Crippen LogP contribution in [0, 0.1) is 0 Å². The predicted octanol–water partition coefficient (Wildman–Crippen LogP) is 2.03. The zero-order valence-electron chi connectivity index (χ0n) is 11.5. The van der Waals surface area contributed by atoms with E-state index in [9.17, 15) is 9.90 Å². The van der Waals surface area contributed by atoms with Crippen LogP contribution in [0.2, 0.25) is 0 Å². The molecule has 0 bridgehead atoms. The Bertz CT molecular complexity index is 583. The number of carbonyl (C=O) groups is 1. The van der Waals surface area contributed by atoms with Crippen molar-refractivity contribution in [1.82, 2.24) is 5.32 Å². The van der Waals surface area contributed by atoms with Gasteiger partial charge in [-0.25, -0.2) is 0 Å². The number of methoxy groups -OCH3 is 1.